The second kappa shape index (κ2) is 1.93. The summed E-state index contributed by atoms with van der Waals surface area (Å²) in [5.41, 5.74) is 6.15. The Morgan fingerprint density at radius 2 is 2.38 bits per heavy atom. The van der Waals surface area contributed by atoms with Crippen LogP contribution in [0.1, 0.15) is 5.69 Å². The topological polar surface area (TPSA) is 52.0 Å². The Balaban J connectivity index is 3.19. The van der Waals surface area contributed by atoms with Gasteiger partial charge in [-0.3, -0.25) is 0 Å². The molecule has 0 bridgehead atoms. The molecule has 1 aromatic rings. The van der Waals surface area contributed by atoms with Gasteiger partial charge in [-0.25, -0.2) is 0 Å². The van der Waals surface area contributed by atoms with Gasteiger partial charge < -0.3 is 10.3 Å². The predicted octanol–water partition coefficient (Wildman–Crippen LogP) is 1.17. The van der Waals surface area contributed by atoms with Crippen LogP contribution >= 0.6 is 22.6 Å². The third-order valence-electron chi connectivity index (χ3n) is 0.815. The molecule has 4 heteroatoms. The van der Waals surface area contributed by atoms with Crippen molar-refractivity contribution in [3.63, 3.8) is 0 Å². The normalized spacial score (nSPS) is 9.75. The molecule has 0 radical (unpaired) electrons. The fraction of sp³-hybridized carbons (Fsp3) is 0.250. The Morgan fingerprint density at radius 1 is 1.75 bits per heavy atom. The minimum atomic E-state index is 0.406. The van der Waals surface area contributed by atoms with E-state index in [9.17, 15) is 0 Å². The van der Waals surface area contributed by atoms with Crippen molar-refractivity contribution in [3.05, 3.63) is 9.26 Å². The molecule has 0 saturated heterocycles. The predicted molar refractivity (Wildman–Crippen MR) is 38.4 cm³/mol. The molecule has 0 aromatic carbocycles. The number of nitrogen functional groups attached to an aromatic ring is 1. The zero-order chi connectivity index (χ0) is 6.15. The first kappa shape index (κ1) is 5.87. The molecular formula is C4H5IN2O. The van der Waals surface area contributed by atoms with Gasteiger partial charge in [-0.15, -0.1) is 0 Å². The van der Waals surface area contributed by atoms with Crippen LogP contribution in [0.5, 0.6) is 0 Å². The summed E-state index contributed by atoms with van der Waals surface area (Å²) in [4.78, 5) is 0. The Morgan fingerprint density at radius 3 is 2.50 bits per heavy atom. The maximum Gasteiger partial charge on any atom is 0.235 e. The van der Waals surface area contributed by atoms with Crippen LogP contribution in [-0.2, 0) is 0 Å². The van der Waals surface area contributed by atoms with Crippen molar-refractivity contribution < 1.29 is 4.52 Å². The number of aryl methyl sites for hydroxylation is 1. The van der Waals surface area contributed by atoms with Crippen LogP contribution in [-0.4, -0.2) is 5.16 Å². The fourth-order valence-corrected chi connectivity index (χ4v) is 0.573. The van der Waals surface area contributed by atoms with Gasteiger partial charge in [0.15, 0.2) is 0 Å². The molecule has 3 nitrogen and oxygen atoms in total. The van der Waals surface area contributed by atoms with Gasteiger partial charge >= 0.3 is 0 Å². The molecule has 8 heavy (non-hydrogen) atoms. The first-order valence-electron chi connectivity index (χ1n) is 2.09. The molecule has 2 N–H and O–H groups in total. The second-order valence-electron chi connectivity index (χ2n) is 1.45. The van der Waals surface area contributed by atoms with E-state index in [0.29, 0.717) is 5.88 Å². The maximum atomic E-state index is 5.30. The molecule has 1 aromatic heterocycles. The lowest BCUT2D eigenvalue weighted by molar-refractivity contribution is 0.431. The second-order valence-corrected chi connectivity index (χ2v) is 2.52. The van der Waals surface area contributed by atoms with Crippen LogP contribution in [0.15, 0.2) is 4.52 Å². The van der Waals surface area contributed by atoms with E-state index < -0.39 is 0 Å². The number of rotatable bonds is 0. The van der Waals surface area contributed by atoms with Crippen molar-refractivity contribution in [1.82, 2.24) is 5.16 Å². The molecule has 0 amide bonds. The number of hydrogen-bond donors (Lipinski definition) is 1. The quantitative estimate of drug-likeness (QED) is 0.673. The van der Waals surface area contributed by atoms with Crippen LogP contribution in [0.25, 0.3) is 0 Å². The van der Waals surface area contributed by atoms with E-state index in [4.69, 9.17) is 5.73 Å². The van der Waals surface area contributed by atoms with E-state index in [0.717, 1.165) is 9.26 Å². The minimum absolute atomic E-state index is 0.406. The Labute approximate surface area is 60.4 Å². The van der Waals surface area contributed by atoms with Crippen molar-refractivity contribution in [3.8, 4) is 0 Å². The van der Waals surface area contributed by atoms with Gasteiger partial charge in [-0.1, -0.05) is 5.16 Å². The number of anilines is 1. The standard InChI is InChI=1S/C4H5IN2O/c1-2-3(5)4(6)8-7-2/h6H2,1H3. The summed E-state index contributed by atoms with van der Waals surface area (Å²) in [6, 6.07) is 0. The lowest BCUT2D eigenvalue weighted by atomic mass is 10.5. The molecule has 0 aliphatic carbocycles. The van der Waals surface area contributed by atoms with E-state index in [1.54, 1.807) is 0 Å². The summed E-state index contributed by atoms with van der Waals surface area (Å²) < 4.78 is 5.52. The van der Waals surface area contributed by atoms with Gasteiger partial charge in [0.1, 0.15) is 3.57 Å². The van der Waals surface area contributed by atoms with Crippen molar-refractivity contribution in [2.75, 3.05) is 5.73 Å². The molecule has 0 aliphatic heterocycles. The highest BCUT2D eigenvalue weighted by Crippen LogP contribution is 2.16. The van der Waals surface area contributed by atoms with E-state index in [-0.39, 0.29) is 0 Å². The molecule has 0 unspecified atom stereocenters. The van der Waals surface area contributed by atoms with Crippen LogP contribution < -0.4 is 5.73 Å². The number of halogens is 1. The van der Waals surface area contributed by atoms with Gasteiger partial charge in [0.25, 0.3) is 0 Å². The Kier molecular flexibility index (Phi) is 1.41. The van der Waals surface area contributed by atoms with Gasteiger partial charge in [-0.05, 0) is 29.5 Å². The van der Waals surface area contributed by atoms with Crippen molar-refractivity contribution in [1.29, 1.82) is 0 Å². The molecule has 0 atom stereocenters. The summed E-state index contributed by atoms with van der Waals surface area (Å²) in [5, 5.41) is 3.61. The van der Waals surface area contributed by atoms with Gasteiger partial charge in [0, 0.05) is 0 Å². The summed E-state index contributed by atoms with van der Waals surface area (Å²) in [7, 11) is 0. The molecule has 1 heterocycles. The van der Waals surface area contributed by atoms with E-state index in [2.05, 4.69) is 32.3 Å². The summed E-state index contributed by atoms with van der Waals surface area (Å²) in [6.45, 7) is 1.85. The average molecular weight is 224 g/mol. The first-order chi connectivity index (χ1) is 3.72. The van der Waals surface area contributed by atoms with Crippen LogP contribution in [0.2, 0.25) is 0 Å². The van der Waals surface area contributed by atoms with Gasteiger partial charge in [0.05, 0.1) is 5.69 Å². The SMILES string of the molecule is Cc1noc(N)c1I. The van der Waals surface area contributed by atoms with E-state index in [1.807, 2.05) is 6.92 Å². The summed E-state index contributed by atoms with van der Waals surface area (Å²) in [6.07, 6.45) is 0. The molecule has 0 saturated carbocycles. The van der Waals surface area contributed by atoms with E-state index in [1.165, 1.54) is 0 Å². The molecule has 0 aliphatic rings. The monoisotopic (exact) mass is 224 g/mol. The van der Waals surface area contributed by atoms with Gasteiger partial charge in [-0.2, -0.15) is 0 Å². The van der Waals surface area contributed by atoms with Crippen LogP contribution in [0.3, 0.4) is 0 Å². The summed E-state index contributed by atoms with van der Waals surface area (Å²) in [5.74, 6) is 0.406. The molecule has 1 rings (SSSR count). The Hall–Kier alpha value is -0.260. The molecule has 44 valence electrons. The average Bonchev–Trinajstić information content (AvgIpc) is 1.98. The smallest absolute Gasteiger partial charge is 0.235 e. The highest BCUT2D eigenvalue weighted by Gasteiger charge is 2.03. The summed E-state index contributed by atoms with van der Waals surface area (Å²) >= 11 is 2.08. The maximum absolute atomic E-state index is 5.30. The third kappa shape index (κ3) is 0.795. The highest BCUT2D eigenvalue weighted by molar-refractivity contribution is 14.1. The minimum Gasteiger partial charge on any atom is -0.367 e. The number of nitrogens with zero attached hydrogens (tertiary/aromatic N) is 1. The molecule has 0 spiro atoms. The number of hydrogen-bond acceptors (Lipinski definition) is 3. The van der Waals surface area contributed by atoms with Crippen molar-refractivity contribution in [2.45, 2.75) is 6.92 Å². The van der Waals surface area contributed by atoms with Crippen molar-refractivity contribution >= 4 is 28.5 Å². The van der Waals surface area contributed by atoms with E-state index >= 15 is 0 Å². The zero-order valence-corrected chi connectivity index (χ0v) is 6.47. The lowest BCUT2D eigenvalue weighted by Crippen LogP contribution is -1.82. The van der Waals surface area contributed by atoms with Crippen molar-refractivity contribution in [2.24, 2.45) is 0 Å². The molecule has 0 fully saturated rings. The van der Waals surface area contributed by atoms with Crippen LogP contribution in [0.4, 0.5) is 5.88 Å². The third-order valence-corrected chi connectivity index (χ3v) is 2.13. The zero-order valence-electron chi connectivity index (χ0n) is 4.31. The Bertz CT molecular complexity index is 176. The largest absolute Gasteiger partial charge is 0.367 e. The number of nitrogens with two attached hydrogens (primary N) is 1. The number of aromatic nitrogens is 1. The lowest BCUT2D eigenvalue weighted by Gasteiger charge is -1.78. The van der Waals surface area contributed by atoms with Gasteiger partial charge in [0.2, 0.25) is 5.88 Å². The fourth-order valence-electron chi connectivity index (χ4n) is 0.376. The first-order valence-corrected chi connectivity index (χ1v) is 3.17. The van der Waals surface area contributed by atoms with Crippen LogP contribution in [0, 0.1) is 10.5 Å². The highest BCUT2D eigenvalue weighted by atomic mass is 127. The molecular weight excluding hydrogens is 219 g/mol.